The maximum Gasteiger partial charge on any atom is 0.416 e. The summed E-state index contributed by atoms with van der Waals surface area (Å²) in [6.45, 7) is 1.93. The summed E-state index contributed by atoms with van der Waals surface area (Å²) in [4.78, 5) is 2.23. The molecule has 1 aliphatic rings. The highest BCUT2D eigenvalue weighted by Crippen LogP contribution is 2.33. The Morgan fingerprint density at radius 3 is 2.71 bits per heavy atom. The Bertz CT molecular complexity index is 998. The van der Waals surface area contributed by atoms with E-state index in [9.17, 15) is 17.6 Å². The van der Waals surface area contributed by atoms with Crippen LogP contribution >= 0.6 is 0 Å². The maximum atomic E-state index is 14.4. The highest BCUT2D eigenvalue weighted by atomic mass is 19.4. The number of piperidine rings is 1. The summed E-state index contributed by atoms with van der Waals surface area (Å²) in [6, 6.07) is 6.15. The molecule has 0 radical (unpaired) electrons. The molecule has 0 saturated carbocycles. The van der Waals surface area contributed by atoms with Gasteiger partial charge in [-0.2, -0.15) is 13.2 Å². The minimum absolute atomic E-state index is 0.0202. The predicted molar refractivity (Wildman–Crippen MR) is 97.5 cm³/mol. The largest absolute Gasteiger partial charge is 0.416 e. The van der Waals surface area contributed by atoms with Crippen molar-refractivity contribution in [2.75, 3.05) is 25.5 Å². The lowest BCUT2D eigenvalue weighted by Gasteiger charge is -2.30. The minimum atomic E-state index is -4.60. The molecule has 1 saturated heterocycles. The summed E-state index contributed by atoms with van der Waals surface area (Å²) < 4.78 is 54.6. The molecule has 0 amide bonds. The van der Waals surface area contributed by atoms with Crippen molar-refractivity contribution in [1.82, 2.24) is 19.5 Å². The molecule has 0 aliphatic carbocycles. The van der Waals surface area contributed by atoms with Gasteiger partial charge in [-0.15, -0.1) is 10.2 Å². The monoisotopic (exact) mass is 393 g/mol. The Morgan fingerprint density at radius 1 is 1.18 bits per heavy atom. The second-order valence-electron chi connectivity index (χ2n) is 7.07. The Hall–Kier alpha value is -2.68. The molecule has 1 atom stereocenters. The van der Waals surface area contributed by atoms with Crippen molar-refractivity contribution in [1.29, 1.82) is 0 Å². The van der Waals surface area contributed by atoms with Crippen LogP contribution in [0.25, 0.3) is 16.8 Å². The fraction of sp³-hybridized carbons (Fsp3) is 0.368. The average Bonchev–Trinajstić information content (AvgIpc) is 3.12. The van der Waals surface area contributed by atoms with E-state index in [1.807, 2.05) is 0 Å². The zero-order valence-corrected chi connectivity index (χ0v) is 15.2. The molecule has 1 unspecified atom stereocenters. The molecule has 0 bridgehead atoms. The predicted octanol–water partition coefficient (Wildman–Crippen LogP) is 4.06. The highest BCUT2D eigenvalue weighted by molar-refractivity contribution is 5.78. The standard InChI is InChI=1S/C19H19F4N5/c1-27-8-2-4-13(11-27)24-18-26-25-17(16-5-3-9-28(16)18)14-7-6-12(10-15(14)20)19(21,22)23/h3,5-7,9-10,13H,2,4,8,11H2,1H3,(H,24,26). The van der Waals surface area contributed by atoms with Crippen LogP contribution in [0.3, 0.4) is 0 Å². The fourth-order valence-electron chi connectivity index (χ4n) is 3.60. The van der Waals surface area contributed by atoms with Gasteiger partial charge in [-0.25, -0.2) is 4.39 Å². The first-order valence-corrected chi connectivity index (χ1v) is 8.99. The number of likely N-dealkylation sites (N-methyl/N-ethyl adjacent to an activating group) is 1. The molecule has 148 valence electrons. The summed E-state index contributed by atoms with van der Waals surface area (Å²) in [5, 5.41) is 11.7. The highest BCUT2D eigenvalue weighted by Gasteiger charge is 2.31. The second-order valence-corrected chi connectivity index (χ2v) is 7.07. The summed E-state index contributed by atoms with van der Waals surface area (Å²) in [6.07, 6.45) is -0.754. The van der Waals surface area contributed by atoms with Crippen LogP contribution in [0.5, 0.6) is 0 Å². The smallest absolute Gasteiger partial charge is 0.350 e. The number of alkyl halides is 3. The molecule has 9 heteroatoms. The number of likely N-dealkylation sites (tertiary alicyclic amines) is 1. The summed E-state index contributed by atoms with van der Waals surface area (Å²) in [7, 11) is 2.06. The van der Waals surface area contributed by atoms with E-state index in [0.29, 0.717) is 17.5 Å². The van der Waals surface area contributed by atoms with Gasteiger partial charge in [0.2, 0.25) is 5.95 Å². The SMILES string of the molecule is CN1CCCC(Nc2nnc(-c3ccc(C(F)(F)F)cc3F)c3cccn23)C1. The summed E-state index contributed by atoms with van der Waals surface area (Å²) in [5.41, 5.74) is -0.288. The van der Waals surface area contributed by atoms with Gasteiger partial charge >= 0.3 is 6.18 Å². The van der Waals surface area contributed by atoms with Crippen LogP contribution in [0.4, 0.5) is 23.5 Å². The van der Waals surface area contributed by atoms with Crippen LogP contribution < -0.4 is 5.32 Å². The van der Waals surface area contributed by atoms with E-state index in [1.54, 1.807) is 22.7 Å². The maximum absolute atomic E-state index is 14.4. The van der Waals surface area contributed by atoms with Gasteiger partial charge in [-0.05, 0) is 56.8 Å². The number of fused-ring (bicyclic) bond motifs is 1. The molecule has 0 spiro atoms. The van der Waals surface area contributed by atoms with E-state index < -0.39 is 17.6 Å². The van der Waals surface area contributed by atoms with E-state index in [1.165, 1.54) is 0 Å². The fourth-order valence-corrected chi connectivity index (χ4v) is 3.60. The molecular weight excluding hydrogens is 374 g/mol. The van der Waals surface area contributed by atoms with Gasteiger partial charge in [0.15, 0.2) is 0 Å². The molecular formula is C19H19F4N5. The van der Waals surface area contributed by atoms with Gasteiger partial charge in [0, 0.05) is 24.3 Å². The van der Waals surface area contributed by atoms with Gasteiger partial charge in [-0.1, -0.05) is 0 Å². The molecule has 4 rings (SSSR count). The lowest BCUT2D eigenvalue weighted by atomic mass is 10.1. The van der Waals surface area contributed by atoms with Crippen molar-refractivity contribution in [3.8, 4) is 11.3 Å². The Balaban J connectivity index is 1.70. The Kier molecular flexibility index (Phi) is 4.70. The number of halogens is 4. The quantitative estimate of drug-likeness (QED) is 0.682. The van der Waals surface area contributed by atoms with Crippen LogP contribution in [0, 0.1) is 5.82 Å². The third kappa shape index (κ3) is 3.54. The van der Waals surface area contributed by atoms with Gasteiger partial charge in [-0.3, -0.25) is 4.40 Å². The summed E-state index contributed by atoms with van der Waals surface area (Å²) in [5.74, 6) is -0.460. The molecule has 3 aromatic rings. The van der Waals surface area contributed by atoms with E-state index >= 15 is 0 Å². The number of hydrogen-bond acceptors (Lipinski definition) is 4. The number of anilines is 1. The first kappa shape index (κ1) is 18.7. The lowest BCUT2D eigenvalue weighted by molar-refractivity contribution is -0.137. The molecule has 1 fully saturated rings. The lowest BCUT2D eigenvalue weighted by Crippen LogP contribution is -2.40. The van der Waals surface area contributed by atoms with Crippen LogP contribution in [-0.4, -0.2) is 45.7 Å². The number of benzene rings is 1. The normalized spacial score (nSPS) is 18.5. The van der Waals surface area contributed by atoms with Crippen LogP contribution in [-0.2, 0) is 6.18 Å². The molecule has 1 aromatic carbocycles. The topological polar surface area (TPSA) is 45.5 Å². The first-order valence-electron chi connectivity index (χ1n) is 8.99. The van der Waals surface area contributed by atoms with E-state index in [0.717, 1.165) is 38.1 Å². The van der Waals surface area contributed by atoms with E-state index in [4.69, 9.17) is 0 Å². The van der Waals surface area contributed by atoms with Gasteiger partial charge in [0.05, 0.1) is 11.1 Å². The van der Waals surface area contributed by atoms with Crippen molar-refractivity contribution in [3.05, 3.63) is 47.9 Å². The van der Waals surface area contributed by atoms with Crippen molar-refractivity contribution >= 4 is 11.5 Å². The van der Waals surface area contributed by atoms with Crippen molar-refractivity contribution in [2.45, 2.75) is 25.1 Å². The second kappa shape index (κ2) is 7.05. The zero-order chi connectivity index (χ0) is 19.9. The Morgan fingerprint density at radius 2 is 2.00 bits per heavy atom. The Labute approximate surface area is 159 Å². The summed E-state index contributed by atoms with van der Waals surface area (Å²) >= 11 is 0. The van der Waals surface area contributed by atoms with E-state index in [-0.39, 0.29) is 17.3 Å². The first-order chi connectivity index (χ1) is 13.3. The third-order valence-corrected chi connectivity index (χ3v) is 4.97. The molecule has 5 nitrogen and oxygen atoms in total. The van der Waals surface area contributed by atoms with Gasteiger partial charge < -0.3 is 10.2 Å². The van der Waals surface area contributed by atoms with E-state index in [2.05, 4.69) is 27.5 Å². The number of aromatic nitrogens is 3. The third-order valence-electron chi connectivity index (χ3n) is 4.97. The minimum Gasteiger partial charge on any atom is -0.350 e. The molecule has 1 aliphatic heterocycles. The zero-order valence-electron chi connectivity index (χ0n) is 15.2. The van der Waals surface area contributed by atoms with Crippen LogP contribution in [0.1, 0.15) is 18.4 Å². The van der Waals surface area contributed by atoms with Gasteiger partial charge in [0.1, 0.15) is 11.5 Å². The van der Waals surface area contributed by atoms with Gasteiger partial charge in [0.25, 0.3) is 0 Å². The number of hydrogen-bond donors (Lipinski definition) is 1. The molecule has 1 N–H and O–H groups in total. The van der Waals surface area contributed by atoms with Crippen LogP contribution in [0.2, 0.25) is 0 Å². The number of nitrogens with one attached hydrogen (secondary N) is 1. The number of nitrogens with zero attached hydrogens (tertiary/aromatic N) is 4. The molecule has 28 heavy (non-hydrogen) atoms. The average molecular weight is 393 g/mol. The molecule has 3 heterocycles. The number of rotatable bonds is 3. The van der Waals surface area contributed by atoms with Crippen molar-refractivity contribution in [2.24, 2.45) is 0 Å². The van der Waals surface area contributed by atoms with Crippen molar-refractivity contribution < 1.29 is 17.6 Å². The molecule has 2 aromatic heterocycles. The van der Waals surface area contributed by atoms with Crippen molar-refractivity contribution in [3.63, 3.8) is 0 Å². The van der Waals surface area contributed by atoms with Crippen LogP contribution in [0.15, 0.2) is 36.5 Å².